The first kappa shape index (κ1) is 32.9. The Labute approximate surface area is 316 Å². The lowest BCUT2D eigenvalue weighted by Gasteiger charge is -2.57. The third-order valence-electron chi connectivity index (χ3n) is 13.5. The minimum absolute atomic E-state index is 0.0478. The lowest BCUT2D eigenvalue weighted by Crippen LogP contribution is -2.48. The summed E-state index contributed by atoms with van der Waals surface area (Å²) in [6, 6.07) is 42.9. The summed E-state index contributed by atoms with van der Waals surface area (Å²) in [5, 5.41) is 1.43. The van der Waals surface area contributed by atoms with Crippen LogP contribution in [0.15, 0.2) is 115 Å². The van der Waals surface area contributed by atoms with E-state index in [2.05, 4.69) is 149 Å². The topological polar surface area (TPSA) is 38.7 Å². The normalized spacial score (nSPS) is 23.5. The summed E-state index contributed by atoms with van der Waals surface area (Å²) in [5.74, 6) is 4.95. The predicted octanol–water partition coefficient (Wildman–Crippen LogP) is 11.9. The van der Waals surface area contributed by atoms with Crippen LogP contribution in [0.1, 0.15) is 69.1 Å². The van der Waals surface area contributed by atoms with Crippen LogP contribution < -0.4 is 5.19 Å². The van der Waals surface area contributed by atoms with E-state index in [0.29, 0.717) is 11.2 Å². The van der Waals surface area contributed by atoms with Crippen molar-refractivity contribution in [2.45, 2.75) is 82.8 Å². The number of hydrogen-bond donors (Lipinski definition) is 0. The van der Waals surface area contributed by atoms with Gasteiger partial charge in [0.2, 0.25) is 0 Å². The second-order valence-electron chi connectivity index (χ2n) is 18.4. The van der Waals surface area contributed by atoms with E-state index in [4.69, 9.17) is 15.0 Å². The van der Waals surface area contributed by atoms with Gasteiger partial charge in [-0.2, -0.15) is 0 Å². The molecule has 6 aromatic rings. The quantitative estimate of drug-likeness (QED) is 0.162. The number of benzene rings is 5. The van der Waals surface area contributed by atoms with Gasteiger partial charge < -0.3 is 0 Å². The number of fused-ring (bicyclic) bond motifs is 3. The second kappa shape index (κ2) is 11.9. The number of nitrogens with zero attached hydrogens (tertiary/aromatic N) is 3. The fraction of sp³-hybridized carbons (Fsp3) is 0.327. The molecule has 0 radical (unpaired) electrons. The minimum atomic E-state index is -1.44. The Morgan fingerprint density at radius 1 is 0.491 bits per heavy atom. The van der Waals surface area contributed by atoms with E-state index in [0.717, 1.165) is 46.1 Å². The molecule has 5 aliphatic rings. The van der Waals surface area contributed by atoms with Gasteiger partial charge in [0.15, 0.2) is 17.5 Å². The summed E-state index contributed by atoms with van der Waals surface area (Å²) in [6.07, 6.45) is 8.51. The van der Waals surface area contributed by atoms with Crippen LogP contribution >= 0.6 is 0 Å². The molecule has 0 amide bonds. The summed E-state index contributed by atoms with van der Waals surface area (Å²) < 4.78 is 0. The van der Waals surface area contributed by atoms with Gasteiger partial charge in [-0.3, -0.25) is 0 Å². The van der Waals surface area contributed by atoms with Crippen LogP contribution in [0.5, 0.6) is 0 Å². The van der Waals surface area contributed by atoms with Crippen LogP contribution in [0.25, 0.3) is 56.4 Å². The van der Waals surface area contributed by atoms with E-state index in [1.807, 2.05) is 0 Å². The first-order chi connectivity index (χ1) is 25.5. The van der Waals surface area contributed by atoms with Gasteiger partial charge in [0.05, 0.1) is 8.07 Å². The van der Waals surface area contributed by atoms with Gasteiger partial charge in [-0.15, -0.1) is 0 Å². The molecule has 4 heteroatoms. The van der Waals surface area contributed by atoms with Crippen molar-refractivity contribution in [3.8, 4) is 56.4 Å². The summed E-state index contributed by atoms with van der Waals surface area (Å²) in [5.41, 5.74) is 12.8. The van der Waals surface area contributed by atoms with Crippen molar-refractivity contribution in [1.29, 1.82) is 0 Å². The van der Waals surface area contributed by atoms with Gasteiger partial charge in [-0.1, -0.05) is 142 Å². The molecular weight excluding hydrogens is 659 g/mol. The van der Waals surface area contributed by atoms with E-state index in [1.165, 1.54) is 82.7 Å². The zero-order valence-electron chi connectivity index (χ0n) is 31.8. The molecule has 4 saturated carbocycles. The predicted molar refractivity (Wildman–Crippen MR) is 222 cm³/mol. The van der Waals surface area contributed by atoms with Gasteiger partial charge in [-0.25, -0.2) is 15.0 Å². The molecule has 5 aromatic carbocycles. The number of rotatable bonds is 6. The summed E-state index contributed by atoms with van der Waals surface area (Å²) >= 11 is 0. The van der Waals surface area contributed by atoms with Gasteiger partial charge in [0.25, 0.3) is 0 Å². The zero-order chi connectivity index (χ0) is 36.1. The van der Waals surface area contributed by atoms with Crippen LogP contribution in [0.2, 0.25) is 19.6 Å². The molecule has 0 spiro atoms. The molecule has 5 aliphatic carbocycles. The highest BCUT2D eigenvalue weighted by atomic mass is 28.3. The molecule has 11 rings (SSSR count). The highest BCUT2D eigenvalue weighted by molar-refractivity contribution is 6.88. The molecule has 0 aliphatic heterocycles. The molecule has 3 nitrogen and oxygen atoms in total. The lowest BCUT2D eigenvalue weighted by atomic mass is 9.48. The molecule has 1 aromatic heterocycles. The number of aromatic nitrogens is 3. The van der Waals surface area contributed by atoms with Gasteiger partial charge in [0, 0.05) is 22.1 Å². The smallest absolute Gasteiger partial charge is 0.164 e. The minimum Gasteiger partial charge on any atom is -0.208 e. The lowest BCUT2D eigenvalue weighted by molar-refractivity contribution is -0.00518. The molecule has 0 unspecified atom stereocenters. The third kappa shape index (κ3) is 5.55. The Balaban J connectivity index is 1.04. The molecule has 0 atom stereocenters. The molecule has 4 fully saturated rings. The average Bonchev–Trinajstić information content (AvgIpc) is 3.39. The van der Waals surface area contributed by atoms with Crippen LogP contribution in [-0.4, -0.2) is 23.0 Å². The van der Waals surface area contributed by atoms with E-state index in [9.17, 15) is 0 Å². The monoisotopic (exact) mass is 707 g/mol. The second-order valence-corrected chi connectivity index (χ2v) is 23.5. The van der Waals surface area contributed by atoms with Gasteiger partial charge in [0.1, 0.15) is 0 Å². The van der Waals surface area contributed by atoms with E-state index < -0.39 is 8.07 Å². The van der Waals surface area contributed by atoms with Crippen molar-refractivity contribution in [1.82, 2.24) is 15.0 Å². The molecule has 0 saturated heterocycles. The zero-order valence-corrected chi connectivity index (χ0v) is 32.8. The van der Waals surface area contributed by atoms with Crippen molar-refractivity contribution in [3.63, 3.8) is 0 Å². The van der Waals surface area contributed by atoms with Gasteiger partial charge >= 0.3 is 0 Å². The van der Waals surface area contributed by atoms with Crippen molar-refractivity contribution in [2.24, 2.45) is 17.8 Å². The van der Waals surface area contributed by atoms with Crippen LogP contribution in [-0.2, 0) is 10.8 Å². The Hall–Kier alpha value is -4.67. The van der Waals surface area contributed by atoms with E-state index >= 15 is 0 Å². The molecule has 264 valence electrons. The molecule has 4 bridgehead atoms. The summed E-state index contributed by atoms with van der Waals surface area (Å²) in [4.78, 5) is 15.5. The van der Waals surface area contributed by atoms with Crippen molar-refractivity contribution < 1.29 is 0 Å². The first-order valence-corrected chi connectivity index (χ1v) is 23.4. The van der Waals surface area contributed by atoms with E-state index in [-0.39, 0.29) is 5.41 Å². The highest BCUT2D eigenvalue weighted by Crippen LogP contribution is 2.60. The van der Waals surface area contributed by atoms with Gasteiger partial charge in [-0.05, 0) is 113 Å². The first-order valence-electron chi connectivity index (χ1n) is 19.9. The largest absolute Gasteiger partial charge is 0.208 e. The molecule has 53 heavy (non-hydrogen) atoms. The number of hydrogen-bond acceptors (Lipinski definition) is 3. The average molecular weight is 708 g/mol. The fourth-order valence-corrected chi connectivity index (χ4v) is 12.2. The maximum atomic E-state index is 5.21. The Morgan fingerprint density at radius 3 is 1.62 bits per heavy atom. The van der Waals surface area contributed by atoms with Crippen molar-refractivity contribution in [2.75, 3.05) is 0 Å². The van der Waals surface area contributed by atoms with Crippen LogP contribution in [0.3, 0.4) is 0 Å². The highest BCUT2D eigenvalue weighted by Gasteiger charge is 2.51. The third-order valence-corrected chi connectivity index (χ3v) is 15.5. The molecular formula is C49H49N3Si. The summed E-state index contributed by atoms with van der Waals surface area (Å²) in [6.45, 7) is 11.9. The van der Waals surface area contributed by atoms with Crippen LogP contribution in [0, 0.1) is 17.8 Å². The SMILES string of the molecule is CC1(C)c2ccccc2-c2ccc(-c3cccc(-c4nc(-c5ccc(C67CC8CC(CC(C8)C6)C7)cc5)nc(-c5ccc([Si](C)(C)C)cc5)n4)c3)cc21. The summed E-state index contributed by atoms with van der Waals surface area (Å²) in [7, 11) is -1.44. The van der Waals surface area contributed by atoms with Crippen LogP contribution in [0.4, 0.5) is 0 Å². The Kier molecular flexibility index (Phi) is 7.41. The molecule has 1 heterocycles. The maximum absolute atomic E-state index is 5.21. The fourth-order valence-electron chi connectivity index (χ4n) is 11.0. The van der Waals surface area contributed by atoms with E-state index in [1.54, 1.807) is 0 Å². The molecule has 0 N–H and O–H groups in total. The van der Waals surface area contributed by atoms with Crippen molar-refractivity contribution >= 4 is 13.3 Å². The Bertz CT molecular complexity index is 2350. The van der Waals surface area contributed by atoms with Crippen molar-refractivity contribution in [3.05, 3.63) is 132 Å². The maximum Gasteiger partial charge on any atom is 0.164 e. The Morgan fingerprint density at radius 2 is 1.00 bits per heavy atom. The standard InChI is InChI=1S/C49H49N3Si/c1-48(2)43-12-7-6-11-41(43)42-22-17-37(27-44(42)48)36-9-8-10-38(26-36)47-51-45(50-46(52-47)35-15-20-40(21-16-35)53(3,4)5)34-13-18-39(19-14-34)49-28-31-23-32(29-49)25-33(24-31)30-49/h6-22,26-27,31-33H,23-25,28-30H2,1-5H3.